The van der Waals surface area contributed by atoms with Crippen molar-refractivity contribution in [2.75, 3.05) is 11.9 Å². The first-order valence-corrected chi connectivity index (χ1v) is 9.64. The molecule has 1 N–H and O–H groups in total. The van der Waals surface area contributed by atoms with E-state index in [0.29, 0.717) is 6.04 Å². The lowest BCUT2D eigenvalue weighted by Crippen LogP contribution is -2.08. The fourth-order valence-electron chi connectivity index (χ4n) is 3.64. The van der Waals surface area contributed by atoms with E-state index in [4.69, 9.17) is 0 Å². The fourth-order valence-corrected chi connectivity index (χ4v) is 3.64. The van der Waals surface area contributed by atoms with Crippen LogP contribution < -0.4 is 5.32 Å². The Balaban J connectivity index is 1.81. The Morgan fingerprint density at radius 2 is 2.11 bits per heavy atom. The lowest BCUT2D eigenvalue weighted by Gasteiger charge is -2.13. The molecule has 0 aliphatic heterocycles. The zero-order chi connectivity index (χ0) is 18.8. The minimum Gasteiger partial charge on any atom is -0.366 e. The second kappa shape index (κ2) is 7.39. The molecule has 0 saturated heterocycles. The molecule has 1 aromatic carbocycles. The first kappa shape index (κ1) is 17.5. The van der Waals surface area contributed by atoms with Crippen molar-refractivity contribution in [3.63, 3.8) is 0 Å². The number of nitrogens with zero attached hydrogens (tertiary/aromatic N) is 3. The Labute approximate surface area is 160 Å². The van der Waals surface area contributed by atoms with Gasteiger partial charge in [-0.1, -0.05) is 53.6 Å². The summed E-state index contributed by atoms with van der Waals surface area (Å²) in [6.07, 6.45) is 12.7. The van der Waals surface area contributed by atoms with Gasteiger partial charge in [-0.05, 0) is 39.2 Å². The van der Waals surface area contributed by atoms with E-state index in [9.17, 15) is 0 Å². The van der Waals surface area contributed by atoms with E-state index in [2.05, 4.69) is 89.3 Å². The fraction of sp³-hybridized carbons (Fsp3) is 0.304. The van der Waals surface area contributed by atoms with E-state index in [0.717, 1.165) is 36.2 Å². The van der Waals surface area contributed by atoms with Crippen molar-refractivity contribution in [1.82, 2.24) is 14.5 Å². The van der Waals surface area contributed by atoms with Crippen LogP contribution in [-0.4, -0.2) is 21.1 Å². The summed E-state index contributed by atoms with van der Waals surface area (Å²) in [5.41, 5.74) is 6.03. The first-order valence-electron chi connectivity index (χ1n) is 9.64. The van der Waals surface area contributed by atoms with Crippen molar-refractivity contribution in [1.29, 1.82) is 0 Å². The summed E-state index contributed by atoms with van der Waals surface area (Å²) in [7, 11) is 0. The minimum atomic E-state index is 0.333. The average Bonchev–Trinajstić information content (AvgIpc) is 3.08. The van der Waals surface area contributed by atoms with Gasteiger partial charge in [-0.15, -0.1) is 0 Å². The summed E-state index contributed by atoms with van der Waals surface area (Å²) >= 11 is 0. The lowest BCUT2D eigenvalue weighted by molar-refractivity contribution is 0.618. The number of benzene rings is 1. The minimum absolute atomic E-state index is 0.333. The van der Waals surface area contributed by atoms with E-state index in [1.807, 2.05) is 0 Å². The maximum atomic E-state index is 4.61. The van der Waals surface area contributed by atoms with Gasteiger partial charge < -0.3 is 9.88 Å². The second-order valence-electron chi connectivity index (χ2n) is 7.48. The van der Waals surface area contributed by atoms with Crippen LogP contribution in [0, 0.1) is 6.92 Å². The van der Waals surface area contributed by atoms with Crippen LogP contribution in [0.5, 0.6) is 0 Å². The van der Waals surface area contributed by atoms with Crippen molar-refractivity contribution >= 4 is 16.9 Å². The number of hydrogen-bond acceptors (Lipinski definition) is 3. The topological polar surface area (TPSA) is 42.7 Å². The molecule has 1 aliphatic rings. The maximum Gasteiger partial charge on any atom is 0.146 e. The summed E-state index contributed by atoms with van der Waals surface area (Å²) in [6.45, 7) is 7.32. The molecule has 0 saturated carbocycles. The number of anilines is 1. The van der Waals surface area contributed by atoms with Gasteiger partial charge in [0.15, 0.2) is 0 Å². The quantitative estimate of drug-likeness (QED) is 0.638. The molecule has 27 heavy (non-hydrogen) atoms. The molecule has 2 heterocycles. The van der Waals surface area contributed by atoms with E-state index in [1.54, 1.807) is 6.33 Å². The van der Waals surface area contributed by atoms with Crippen LogP contribution in [-0.2, 0) is 0 Å². The Kier molecular flexibility index (Phi) is 4.80. The average molecular weight is 358 g/mol. The zero-order valence-electron chi connectivity index (χ0n) is 16.2. The Morgan fingerprint density at radius 3 is 2.85 bits per heavy atom. The van der Waals surface area contributed by atoms with Gasteiger partial charge in [0.25, 0.3) is 0 Å². The molecule has 4 nitrogen and oxygen atoms in total. The van der Waals surface area contributed by atoms with Crippen LogP contribution in [0.4, 0.5) is 5.82 Å². The molecule has 0 fully saturated rings. The molecule has 0 spiro atoms. The van der Waals surface area contributed by atoms with Gasteiger partial charge in [0, 0.05) is 24.3 Å². The Hall–Kier alpha value is -2.88. The van der Waals surface area contributed by atoms with Crippen molar-refractivity contribution in [2.45, 2.75) is 39.7 Å². The molecule has 1 aliphatic carbocycles. The van der Waals surface area contributed by atoms with Crippen molar-refractivity contribution < 1.29 is 0 Å². The summed E-state index contributed by atoms with van der Waals surface area (Å²) in [5.74, 6) is 0.909. The van der Waals surface area contributed by atoms with Crippen LogP contribution >= 0.6 is 0 Å². The molecule has 3 aromatic rings. The third-order valence-electron chi connectivity index (χ3n) is 5.08. The zero-order valence-corrected chi connectivity index (χ0v) is 16.2. The lowest BCUT2D eigenvalue weighted by atomic mass is 10.0. The Bertz CT molecular complexity index is 1020. The standard InChI is InChI=1S/C23H26N4/c1-16(2)27-14-20(19-11-7-8-17(3)12-19)21-22(25-15-26-23(21)27)24-13-18-9-5-4-6-10-18/h4-5,7-9,11-12,14-16H,6,10,13H2,1-3H3,(H,24,25,26). The van der Waals surface area contributed by atoms with E-state index in [1.165, 1.54) is 22.3 Å². The van der Waals surface area contributed by atoms with Gasteiger partial charge >= 0.3 is 0 Å². The van der Waals surface area contributed by atoms with E-state index < -0.39 is 0 Å². The largest absolute Gasteiger partial charge is 0.366 e. The monoisotopic (exact) mass is 358 g/mol. The molecule has 2 aromatic heterocycles. The number of rotatable bonds is 5. The van der Waals surface area contributed by atoms with E-state index >= 15 is 0 Å². The van der Waals surface area contributed by atoms with E-state index in [-0.39, 0.29) is 0 Å². The summed E-state index contributed by atoms with van der Waals surface area (Å²) in [5, 5.41) is 4.67. The van der Waals surface area contributed by atoms with Crippen LogP contribution in [0.2, 0.25) is 0 Å². The number of fused-ring (bicyclic) bond motifs is 1. The molecule has 0 bridgehead atoms. The highest BCUT2D eigenvalue weighted by Crippen LogP contribution is 2.35. The van der Waals surface area contributed by atoms with Crippen LogP contribution in [0.25, 0.3) is 22.2 Å². The molecule has 0 atom stereocenters. The maximum absolute atomic E-state index is 4.61. The van der Waals surface area contributed by atoms with Gasteiger partial charge in [-0.25, -0.2) is 9.97 Å². The summed E-state index contributed by atoms with van der Waals surface area (Å²) < 4.78 is 2.24. The molecule has 0 radical (unpaired) electrons. The number of aromatic nitrogens is 3. The first-order chi connectivity index (χ1) is 13.1. The van der Waals surface area contributed by atoms with Gasteiger partial charge in [0.05, 0.1) is 5.39 Å². The third kappa shape index (κ3) is 3.52. The SMILES string of the molecule is Cc1cccc(-c2cn(C(C)C)c3ncnc(NCC4=CC=CCC4)c23)c1. The van der Waals surface area contributed by atoms with Crippen molar-refractivity contribution in [3.05, 3.63) is 66.2 Å². The normalized spacial score (nSPS) is 14.0. The van der Waals surface area contributed by atoms with Gasteiger partial charge in [0.1, 0.15) is 17.8 Å². The highest BCUT2D eigenvalue weighted by molar-refractivity contribution is 6.01. The predicted molar refractivity (Wildman–Crippen MR) is 113 cm³/mol. The smallest absolute Gasteiger partial charge is 0.146 e. The highest BCUT2D eigenvalue weighted by atomic mass is 15.1. The molecule has 0 amide bonds. The predicted octanol–water partition coefficient (Wildman–Crippen LogP) is 5.68. The number of allylic oxidation sites excluding steroid dienone is 3. The van der Waals surface area contributed by atoms with Crippen LogP contribution in [0.15, 0.2) is 60.6 Å². The molecule has 138 valence electrons. The number of aryl methyl sites for hydroxylation is 1. The second-order valence-corrected chi connectivity index (χ2v) is 7.48. The van der Waals surface area contributed by atoms with Crippen molar-refractivity contribution in [3.8, 4) is 11.1 Å². The molecule has 0 unspecified atom stereocenters. The molecule has 4 rings (SSSR count). The number of nitrogens with one attached hydrogen (secondary N) is 1. The number of hydrogen-bond donors (Lipinski definition) is 1. The van der Waals surface area contributed by atoms with Gasteiger partial charge in [0.2, 0.25) is 0 Å². The van der Waals surface area contributed by atoms with Gasteiger partial charge in [-0.3, -0.25) is 0 Å². The van der Waals surface area contributed by atoms with Crippen LogP contribution in [0.1, 0.15) is 38.3 Å². The highest BCUT2D eigenvalue weighted by Gasteiger charge is 2.18. The third-order valence-corrected chi connectivity index (χ3v) is 5.08. The molecule has 4 heteroatoms. The summed E-state index contributed by atoms with van der Waals surface area (Å²) in [4.78, 5) is 9.20. The summed E-state index contributed by atoms with van der Waals surface area (Å²) in [6, 6.07) is 8.96. The van der Waals surface area contributed by atoms with Crippen LogP contribution in [0.3, 0.4) is 0 Å². The van der Waals surface area contributed by atoms with Crippen molar-refractivity contribution in [2.24, 2.45) is 0 Å². The van der Waals surface area contributed by atoms with Gasteiger partial charge in [-0.2, -0.15) is 0 Å². The Morgan fingerprint density at radius 1 is 1.22 bits per heavy atom. The molecular formula is C23H26N4. The molecular weight excluding hydrogens is 332 g/mol.